The molecule has 0 aromatic heterocycles. The van der Waals surface area contributed by atoms with Crippen molar-refractivity contribution < 1.29 is 13.6 Å². The van der Waals surface area contributed by atoms with Gasteiger partial charge in [-0.25, -0.2) is 0 Å². The van der Waals surface area contributed by atoms with Gasteiger partial charge in [0, 0.05) is 6.54 Å². The zero-order valence-corrected chi connectivity index (χ0v) is 10.8. The van der Waals surface area contributed by atoms with E-state index in [-0.39, 0.29) is 0 Å². The molecule has 2 N–H and O–H groups in total. The Morgan fingerprint density at radius 2 is 1.53 bits per heavy atom. The van der Waals surface area contributed by atoms with Crippen LogP contribution in [0.15, 0.2) is 0 Å². The molecular weight excluding hydrogens is 213 g/mol. The van der Waals surface area contributed by atoms with Crippen molar-refractivity contribution in [2.45, 2.75) is 39.5 Å². The van der Waals surface area contributed by atoms with E-state index in [1.807, 2.05) is 0 Å². The third kappa shape index (κ3) is 7.97. The van der Waals surface area contributed by atoms with Gasteiger partial charge in [-0.05, 0) is 12.8 Å². The maximum absolute atomic E-state index is 12.0. The van der Waals surface area contributed by atoms with Gasteiger partial charge in [-0.15, -0.1) is 0 Å². The lowest BCUT2D eigenvalue weighted by Crippen LogP contribution is -2.10. The molecule has 0 rings (SSSR count). The van der Waals surface area contributed by atoms with Crippen molar-refractivity contribution in [3.63, 3.8) is 0 Å². The lowest BCUT2D eigenvalue weighted by atomic mass is 10.4. The topological polar surface area (TPSA) is 61.5 Å². The van der Waals surface area contributed by atoms with Crippen molar-refractivity contribution in [3.05, 3.63) is 0 Å². The first-order chi connectivity index (χ1) is 7.18. The molecule has 0 saturated carbocycles. The van der Waals surface area contributed by atoms with Crippen LogP contribution in [-0.4, -0.2) is 25.9 Å². The van der Waals surface area contributed by atoms with Crippen LogP contribution >= 0.6 is 7.60 Å². The van der Waals surface area contributed by atoms with E-state index in [2.05, 4.69) is 13.8 Å². The van der Waals surface area contributed by atoms with Crippen LogP contribution in [0.5, 0.6) is 0 Å². The summed E-state index contributed by atoms with van der Waals surface area (Å²) in [5.74, 6) is 0. The van der Waals surface area contributed by atoms with Crippen LogP contribution in [0.2, 0.25) is 0 Å². The summed E-state index contributed by atoms with van der Waals surface area (Å²) < 4.78 is 22.7. The summed E-state index contributed by atoms with van der Waals surface area (Å²) in [6, 6.07) is 0. The predicted octanol–water partition coefficient (Wildman–Crippen LogP) is 2.77. The molecule has 0 bridgehead atoms. The molecule has 0 aliphatic heterocycles. The second kappa shape index (κ2) is 9.34. The highest BCUT2D eigenvalue weighted by Crippen LogP contribution is 2.47. The molecule has 0 unspecified atom stereocenters. The fraction of sp³-hybridized carbons (Fsp3) is 1.00. The van der Waals surface area contributed by atoms with Crippen LogP contribution in [0.1, 0.15) is 39.5 Å². The number of hydrogen-bond acceptors (Lipinski definition) is 4. The Kier molecular flexibility index (Phi) is 9.41. The normalized spacial score (nSPS) is 11.9. The number of nitrogens with two attached hydrogens (primary N) is 1. The molecule has 0 amide bonds. The predicted molar refractivity (Wildman–Crippen MR) is 63.2 cm³/mol. The highest BCUT2D eigenvalue weighted by Gasteiger charge is 2.22. The number of hydrogen-bond donors (Lipinski definition) is 1. The first-order valence-electron chi connectivity index (χ1n) is 5.76. The minimum atomic E-state index is -2.90. The fourth-order valence-corrected chi connectivity index (χ4v) is 2.48. The van der Waals surface area contributed by atoms with Crippen LogP contribution in [0, 0.1) is 0 Å². The molecule has 0 aliphatic carbocycles. The molecule has 0 aromatic carbocycles. The van der Waals surface area contributed by atoms with Gasteiger partial charge in [0.2, 0.25) is 0 Å². The van der Waals surface area contributed by atoms with Gasteiger partial charge < -0.3 is 14.8 Å². The third-order valence-electron chi connectivity index (χ3n) is 1.97. The Morgan fingerprint density at radius 3 is 1.87 bits per heavy atom. The summed E-state index contributed by atoms with van der Waals surface area (Å²) in [5.41, 5.74) is 5.39. The summed E-state index contributed by atoms with van der Waals surface area (Å²) in [6.07, 6.45) is 4.19. The third-order valence-corrected chi connectivity index (χ3v) is 3.93. The largest absolute Gasteiger partial charge is 0.331 e. The Hall–Kier alpha value is 0.110. The van der Waals surface area contributed by atoms with Crippen LogP contribution < -0.4 is 5.73 Å². The van der Waals surface area contributed by atoms with E-state index >= 15 is 0 Å². The van der Waals surface area contributed by atoms with Crippen molar-refractivity contribution in [2.75, 3.05) is 25.9 Å². The monoisotopic (exact) mass is 237 g/mol. The van der Waals surface area contributed by atoms with Gasteiger partial charge in [-0.2, -0.15) is 0 Å². The van der Waals surface area contributed by atoms with Gasteiger partial charge in [-0.1, -0.05) is 26.7 Å². The van der Waals surface area contributed by atoms with Gasteiger partial charge in [0.25, 0.3) is 0 Å². The summed E-state index contributed by atoms with van der Waals surface area (Å²) in [5, 5.41) is 0. The zero-order valence-electron chi connectivity index (χ0n) is 9.91. The van der Waals surface area contributed by atoms with E-state index in [1.54, 1.807) is 0 Å². The molecule has 0 heterocycles. The van der Waals surface area contributed by atoms with E-state index in [0.29, 0.717) is 25.9 Å². The second-order valence-corrected chi connectivity index (χ2v) is 5.68. The van der Waals surface area contributed by atoms with Gasteiger partial charge in [0.1, 0.15) is 0 Å². The van der Waals surface area contributed by atoms with Gasteiger partial charge >= 0.3 is 7.60 Å². The minimum Gasteiger partial charge on any atom is -0.330 e. The zero-order chi connectivity index (χ0) is 11.6. The Morgan fingerprint density at radius 1 is 1.07 bits per heavy atom. The molecule has 15 heavy (non-hydrogen) atoms. The molecule has 0 atom stereocenters. The summed E-state index contributed by atoms with van der Waals surface area (Å²) in [4.78, 5) is 0. The Balaban J connectivity index is 3.89. The van der Waals surface area contributed by atoms with Crippen LogP contribution in [0.4, 0.5) is 0 Å². The Labute approximate surface area is 93.1 Å². The van der Waals surface area contributed by atoms with Gasteiger partial charge in [0.05, 0.1) is 19.4 Å². The molecule has 0 aromatic rings. The van der Waals surface area contributed by atoms with Crippen LogP contribution in [0.3, 0.4) is 0 Å². The molecule has 0 fully saturated rings. The molecule has 92 valence electrons. The summed E-state index contributed by atoms with van der Waals surface area (Å²) >= 11 is 0. The molecule has 0 radical (unpaired) electrons. The molecule has 0 saturated heterocycles. The van der Waals surface area contributed by atoms with E-state index in [9.17, 15) is 4.57 Å². The Bertz CT molecular complexity index is 174. The summed E-state index contributed by atoms with van der Waals surface area (Å²) in [6.45, 7) is 5.47. The van der Waals surface area contributed by atoms with E-state index in [4.69, 9.17) is 14.8 Å². The van der Waals surface area contributed by atoms with Crippen molar-refractivity contribution in [1.29, 1.82) is 0 Å². The van der Waals surface area contributed by atoms with Gasteiger partial charge in [0.15, 0.2) is 0 Å². The number of unbranched alkanes of at least 4 members (excludes halogenated alkanes) is 2. The van der Waals surface area contributed by atoms with E-state index < -0.39 is 7.60 Å². The molecule has 0 spiro atoms. The SMILES string of the molecule is CCCCOP(=O)(CCN)OCCCC. The summed E-state index contributed by atoms with van der Waals surface area (Å²) in [7, 11) is -2.90. The lowest BCUT2D eigenvalue weighted by Gasteiger charge is -2.17. The molecule has 5 heteroatoms. The lowest BCUT2D eigenvalue weighted by molar-refractivity contribution is 0.200. The highest BCUT2D eigenvalue weighted by atomic mass is 31.2. The fourth-order valence-electron chi connectivity index (χ4n) is 1.02. The first kappa shape index (κ1) is 15.1. The quantitative estimate of drug-likeness (QED) is 0.469. The van der Waals surface area contributed by atoms with Crippen molar-refractivity contribution in [1.82, 2.24) is 0 Å². The highest BCUT2D eigenvalue weighted by molar-refractivity contribution is 7.53. The van der Waals surface area contributed by atoms with Crippen molar-refractivity contribution in [2.24, 2.45) is 5.73 Å². The van der Waals surface area contributed by atoms with E-state index in [0.717, 1.165) is 25.7 Å². The van der Waals surface area contributed by atoms with Gasteiger partial charge in [-0.3, -0.25) is 4.57 Å². The second-order valence-electron chi connectivity index (χ2n) is 3.50. The smallest absolute Gasteiger partial charge is 0.330 e. The minimum absolute atomic E-state index is 0.320. The molecule has 4 nitrogen and oxygen atoms in total. The van der Waals surface area contributed by atoms with Crippen LogP contribution in [0.25, 0.3) is 0 Å². The standard InChI is InChI=1S/C10H24NO3P/c1-3-5-8-13-15(12,10-7-11)14-9-6-4-2/h3-11H2,1-2H3. The maximum Gasteiger partial charge on any atom is 0.331 e. The number of rotatable bonds is 10. The maximum atomic E-state index is 12.0. The average molecular weight is 237 g/mol. The first-order valence-corrected chi connectivity index (χ1v) is 7.49. The molecule has 0 aliphatic rings. The van der Waals surface area contributed by atoms with Crippen molar-refractivity contribution >= 4 is 7.60 Å². The van der Waals surface area contributed by atoms with Crippen LogP contribution in [-0.2, 0) is 13.6 Å². The molecular formula is C10H24NO3P. The average Bonchev–Trinajstić information content (AvgIpc) is 2.19. The van der Waals surface area contributed by atoms with E-state index in [1.165, 1.54) is 0 Å². The van der Waals surface area contributed by atoms with Crippen molar-refractivity contribution in [3.8, 4) is 0 Å².